The van der Waals surface area contributed by atoms with Gasteiger partial charge in [-0.15, -0.1) is 0 Å². The molecule has 1 fully saturated rings. The molecule has 1 aliphatic rings. The number of hydrogen-bond acceptors (Lipinski definition) is 1. The fraction of sp³-hybridized carbons (Fsp3) is 0.429. The van der Waals surface area contributed by atoms with Crippen molar-refractivity contribution in [1.29, 1.82) is 0 Å². The van der Waals surface area contributed by atoms with Crippen molar-refractivity contribution in [2.75, 3.05) is 0 Å². The fourth-order valence-electron chi connectivity index (χ4n) is 2.27. The molecular formula is C14H16F2O. The summed E-state index contributed by atoms with van der Waals surface area (Å²) in [4.78, 5) is 0. The van der Waals surface area contributed by atoms with E-state index in [0.717, 1.165) is 31.7 Å². The smallest absolute Gasteiger partial charge is 0.200 e. The van der Waals surface area contributed by atoms with E-state index < -0.39 is 11.6 Å². The van der Waals surface area contributed by atoms with Gasteiger partial charge in [0.25, 0.3) is 0 Å². The van der Waals surface area contributed by atoms with Crippen LogP contribution in [0.5, 0.6) is 5.75 Å². The topological polar surface area (TPSA) is 9.23 Å². The third kappa shape index (κ3) is 2.48. The standard InChI is InChI=1S/C14H16F2O/c1-3-10-8-11(15)13(16)12(9-10)17-14(2)6-4-5-7-14/h3,8-9H,1,4-7H2,2H3. The predicted octanol–water partition coefficient (Wildman–Crippen LogP) is 4.32. The minimum Gasteiger partial charge on any atom is -0.484 e. The molecule has 0 saturated heterocycles. The van der Waals surface area contributed by atoms with Crippen molar-refractivity contribution in [3.63, 3.8) is 0 Å². The molecule has 1 aliphatic carbocycles. The van der Waals surface area contributed by atoms with Crippen LogP contribution in [0.2, 0.25) is 0 Å². The molecule has 2 rings (SSSR count). The first-order chi connectivity index (χ1) is 8.04. The first kappa shape index (κ1) is 12.1. The lowest BCUT2D eigenvalue weighted by atomic mass is 10.1. The lowest BCUT2D eigenvalue weighted by molar-refractivity contribution is 0.0903. The Morgan fingerprint density at radius 2 is 1.94 bits per heavy atom. The lowest BCUT2D eigenvalue weighted by Crippen LogP contribution is -2.28. The molecule has 0 amide bonds. The zero-order valence-corrected chi connectivity index (χ0v) is 9.93. The van der Waals surface area contributed by atoms with Gasteiger partial charge in [-0.2, -0.15) is 4.39 Å². The van der Waals surface area contributed by atoms with Gasteiger partial charge in [-0.1, -0.05) is 12.7 Å². The zero-order chi connectivity index (χ0) is 12.5. The van der Waals surface area contributed by atoms with Crippen LogP contribution in [0.1, 0.15) is 38.2 Å². The molecule has 0 unspecified atom stereocenters. The molecule has 1 saturated carbocycles. The van der Waals surface area contributed by atoms with Crippen LogP contribution >= 0.6 is 0 Å². The SMILES string of the molecule is C=Cc1cc(F)c(F)c(OC2(C)CCCC2)c1. The molecule has 0 atom stereocenters. The van der Waals surface area contributed by atoms with Crippen molar-refractivity contribution in [2.45, 2.75) is 38.2 Å². The van der Waals surface area contributed by atoms with Gasteiger partial charge in [-0.3, -0.25) is 0 Å². The van der Waals surface area contributed by atoms with Gasteiger partial charge in [0.2, 0.25) is 5.82 Å². The summed E-state index contributed by atoms with van der Waals surface area (Å²) in [6.45, 7) is 5.49. The van der Waals surface area contributed by atoms with E-state index in [1.165, 1.54) is 12.1 Å². The summed E-state index contributed by atoms with van der Waals surface area (Å²) < 4.78 is 32.6. The van der Waals surface area contributed by atoms with Gasteiger partial charge < -0.3 is 4.74 Å². The maximum atomic E-state index is 13.6. The summed E-state index contributed by atoms with van der Waals surface area (Å²) in [5.74, 6) is -1.81. The molecule has 0 aromatic heterocycles. The van der Waals surface area contributed by atoms with Crippen LogP contribution < -0.4 is 4.74 Å². The number of rotatable bonds is 3. The summed E-state index contributed by atoms with van der Waals surface area (Å²) in [5.41, 5.74) is 0.160. The minimum absolute atomic E-state index is 0.00991. The first-order valence-electron chi connectivity index (χ1n) is 5.84. The zero-order valence-electron chi connectivity index (χ0n) is 9.93. The average Bonchev–Trinajstić information content (AvgIpc) is 2.71. The highest BCUT2D eigenvalue weighted by molar-refractivity contribution is 5.50. The second-order valence-electron chi connectivity index (χ2n) is 4.78. The number of ether oxygens (including phenoxy) is 1. The van der Waals surface area contributed by atoms with Crippen LogP contribution in [0.3, 0.4) is 0 Å². The Bertz CT molecular complexity index is 434. The van der Waals surface area contributed by atoms with Crippen molar-refractivity contribution >= 4 is 6.08 Å². The normalized spacial score (nSPS) is 18.1. The Labute approximate surface area is 100 Å². The van der Waals surface area contributed by atoms with Crippen LogP contribution in [0, 0.1) is 11.6 Å². The molecule has 0 spiro atoms. The molecule has 1 aromatic carbocycles. The van der Waals surface area contributed by atoms with Crippen molar-refractivity contribution in [3.05, 3.63) is 35.9 Å². The largest absolute Gasteiger partial charge is 0.484 e. The van der Waals surface area contributed by atoms with E-state index in [2.05, 4.69) is 6.58 Å². The fourth-order valence-corrected chi connectivity index (χ4v) is 2.27. The summed E-state index contributed by atoms with van der Waals surface area (Å²) in [5, 5.41) is 0. The van der Waals surface area contributed by atoms with Gasteiger partial charge in [0, 0.05) is 0 Å². The molecule has 17 heavy (non-hydrogen) atoms. The van der Waals surface area contributed by atoms with Gasteiger partial charge in [0.05, 0.1) is 0 Å². The minimum atomic E-state index is -0.913. The number of benzene rings is 1. The molecule has 0 N–H and O–H groups in total. The molecular weight excluding hydrogens is 222 g/mol. The Morgan fingerprint density at radius 1 is 1.29 bits per heavy atom. The van der Waals surface area contributed by atoms with Crippen molar-refractivity contribution < 1.29 is 13.5 Å². The summed E-state index contributed by atoms with van der Waals surface area (Å²) in [6.07, 6.45) is 5.38. The van der Waals surface area contributed by atoms with Gasteiger partial charge in [0.1, 0.15) is 5.60 Å². The van der Waals surface area contributed by atoms with E-state index in [1.54, 1.807) is 0 Å². The van der Waals surface area contributed by atoms with Gasteiger partial charge >= 0.3 is 0 Å². The van der Waals surface area contributed by atoms with Crippen LogP contribution in [-0.2, 0) is 0 Å². The van der Waals surface area contributed by atoms with Gasteiger partial charge in [0.15, 0.2) is 11.6 Å². The maximum absolute atomic E-state index is 13.6. The van der Waals surface area contributed by atoms with Crippen molar-refractivity contribution in [1.82, 2.24) is 0 Å². The van der Waals surface area contributed by atoms with Crippen molar-refractivity contribution in [3.8, 4) is 5.75 Å². The quantitative estimate of drug-likeness (QED) is 0.762. The maximum Gasteiger partial charge on any atom is 0.200 e. The van der Waals surface area contributed by atoms with E-state index >= 15 is 0 Å². The summed E-state index contributed by atoms with van der Waals surface area (Å²) in [7, 11) is 0. The monoisotopic (exact) mass is 238 g/mol. The number of hydrogen-bond donors (Lipinski definition) is 0. The van der Waals surface area contributed by atoms with Crippen molar-refractivity contribution in [2.24, 2.45) is 0 Å². The Kier molecular flexibility index (Phi) is 3.18. The predicted molar refractivity (Wildman–Crippen MR) is 64.0 cm³/mol. The van der Waals surface area contributed by atoms with Gasteiger partial charge in [-0.05, 0) is 50.3 Å². The molecule has 0 bridgehead atoms. The highest BCUT2D eigenvalue weighted by atomic mass is 19.2. The van der Waals surface area contributed by atoms with Crippen LogP contribution in [-0.4, -0.2) is 5.60 Å². The third-order valence-electron chi connectivity index (χ3n) is 3.27. The second-order valence-corrected chi connectivity index (χ2v) is 4.78. The van der Waals surface area contributed by atoms with E-state index in [-0.39, 0.29) is 11.4 Å². The highest BCUT2D eigenvalue weighted by Crippen LogP contribution is 2.35. The lowest BCUT2D eigenvalue weighted by Gasteiger charge is -2.26. The molecule has 1 aromatic rings. The van der Waals surface area contributed by atoms with Gasteiger partial charge in [-0.25, -0.2) is 4.39 Å². The molecule has 0 radical (unpaired) electrons. The van der Waals surface area contributed by atoms with E-state index in [0.29, 0.717) is 5.56 Å². The Hall–Kier alpha value is -1.38. The molecule has 92 valence electrons. The second kappa shape index (κ2) is 4.47. The molecule has 0 heterocycles. The van der Waals surface area contributed by atoms with Crippen LogP contribution in [0.15, 0.2) is 18.7 Å². The third-order valence-corrected chi connectivity index (χ3v) is 3.27. The first-order valence-corrected chi connectivity index (χ1v) is 5.84. The highest BCUT2D eigenvalue weighted by Gasteiger charge is 2.32. The van der Waals surface area contributed by atoms with Crippen LogP contribution in [0.4, 0.5) is 8.78 Å². The summed E-state index contributed by atoms with van der Waals surface area (Å²) in [6, 6.07) is 2.61. The molecule has 3 heteroatoms. The summed E-state index contributed by atoms with van der Waals surface area (Å²) >= 11 is 0. The van der Waals surface area contributed by atoms with Crippen LogP contribution in [0.25, 0.3) is 6.08 Å². The van der Waals surface area contributed by atoms with E-state index in [9.17, 15) is 8.78 Å². The molecule has 1 nitrogen and oxygen atoms in total. The Morgan fingerprint density at radius 3 is 2.53 bits per heavy atom. The van der Waals surface area contributed by atoms with E-state index in [1.807, 2.05) is 6.92 Å². The molecule has 0 aliphatic heterocycles. The number of halogens is 2. The Balaban J connectivity index is 2.31. The van der Waals surface area contributed by atoms with E-state index in [4.69, 9.17) is 4.74 Å². The average molecular weight is 238 g/mol.